The van der Waals surface area contributed by atoms with Crippen LogP contribution in [0.15, 0.2) is 29.4 Å². The summed E-state index contributed by atoms with van der Waals surface area (Å²) >= 11 is 0. The van der Waals surface area contributed by atoms with E-state index >= 15 is 0 Å². The summed E-state index contributed by atoms with van der Waals surface area (Å²) in [7, 11) is 3.74. The first-order valence-electron chi connectivity index (χ1n) is 5.78. The van der Waals surface area contributed by atoms with Crippen LogP contribution in [0.25, 0.3) is 0 Å². The molecule has 1 unspecified atom stereocenters. The maximum atomic E-state index is 9.05. The average molecular weight is 234 g/mol. The van der Waals surface area contributed by atoms with E-state index in [-0.39, 0.29) is 5.92 Å². The number of likely N-dealkylation sites (tertiary alicyclic amines) is 1. The van der Waals surface area contributed by atoms with Gasteiger partial charge in [-0.3, -0.25) is 0 Å². The van der Waals surface area contributed by atoms with E-state index in [2.05, 4.69) is 17.1 Å². The molecule has 0 aliphatic carbocycles. The number of rotatable bonds is 2. The van der Waals surface area contributed by atoms with Gasteiger partial charge < -0.3 is 14.8 Å². The van der Waals surface area contributed by atoms with Gasteiger partial charge in [0.25, 0.3) is 0 Å². The molecule has 4 heteroatoms. The summed E-state index contributed by atoms with van der Waals surface area (Å²) in [6.07, 6.45) is 0.823. The highest BCUT2D eigenvalue weighted by atomic mass is 16.5. The topological polar surface area (TPSA) is 45.1 Å². The molecule has 1 aromatic rings. The van der Waals surface area contributed by atoms with E-state index in [0.717, 1.165) is 31.0 Å². The highest BCUT2D eigenvalue weighted by Crippen LogP contribution is 2.25. The third kappa shape index (κ3) is 2.58. The zero-order valence-corrected chi connectivity index (χ0v) is 10.3. The number of likely N-dealkylation sites (N-methyl/N-ethyl adjacent to an activating group) is 1. The molecule has 17 heavy (non-hydrogen) atoms. The van der Waals surface area contributed by atoms with Gasteiger partial charge in [0.2, 0.25) is 0 Å². The van der Waals surface area contributed by atoms with Gasteiger partial charge in [-0.05, 0) is 24.7 Å². The van der Waals surface area contributed by atoms with Crippen LogP contribution in [-0.4, -0.2) is 43.1 Å². The second-order valence-corrected chi connectivity index (χ2v) is 4.43. The quantitative estimate of drug-likeness (QED) is 0.628. The van der Waals surface area contributed by atoms with Crippen LogP contribution in [-0.2, 0) is 0 Å². The van der Waals surface area contributed by atoms with Crippen LogP contribution in [0.3, 0.4) is 0 Å². The standard InChI is InChI=1S/C13H18N2O2/c1-15-8-7-13(14-16)12(9-15)10-3-5-11(17-2)6-4-10/h3-6,12,16H,7-9H2,1-2H3. The van der Waals surface area contributed by atoms with Crippen molar-refractivity contribution < 1.29 is 9.94 Å². The molecule has 1 heterocycles. The van der Waals surface area contributed by atoms with Gasteiger partial charge in [0.15, 0.2) is 0 Å². The molecule has 92 valence electrons. The van der Waals surface area contributed by atoms with E-state index in [1.165, 1.54) is 5.56 Å². The van der Waals surface area contributed by atoms with Crippen LogP contribution in [0.4, 0.5) is 0 Å². The number of piperidine rings is 1. The number of nitrogens with zero attached hydrogens (tertiary/aromatic N) is 2. The molecule has 1 atom stereocenters. The molecule has 0 bridgehead atoms. The maximum absolute atomic E-state index is 9.05. The Hall–Kier alpha value is -1.55. The Balaban J connectivity index is 2.23. The second kappa shape index (κ2) is 5.19. The van der Waals surface area contributed by atoms with Crippen molar-refractivity contribution in [1.82, 2.24) is 4.90 Å². The molecule has 1 aromatic carbocycles. The van der Waals surface area contributed by atoms with Crippen LogP contribution >= 0.6 is 0 Å². The van der Waals surface area contributed by atoms with Gasteiger partial charge in [-0.15, -0.1) is 0 Å². The van der Waals surface area contributed by atoms with Crippen molar-refractivity contribution >= 4 is 5.71 Å². The van der Waals surface area contributed by atoms with E-state index in [1.807, 2.05) is 24.3 Å². The Morgan fingerprint density at radius 1 is 1.35 bits per heavy atom. The molecule has 0 aromatic heterocycles. The fourth-order valence-electron chi connectivity index (χ4n) is 2.24. The molecular formula is C13H18N2O2. The van der Waals surface area contributed by atoms with Crippen LogP contribution in [0.1, 0.15) is 17.9 Å². The summed E-state index contributed by atoms with van der Waals surface area (Å²) in [6.45, 7) is 1.85. The van der Waals surface area contributed by atoms with Crippen molar-refractivity contribution in [3.63, 3.8) is 0 Å². The highest BCUT2D eigenvalue weighted by Gasteiger charge is 2.25. The lowest BCUT2D eigenvalue weighted by molar-refractivity contribution is 0.287. The Morgan fingerprint density at radius 2 is 2.06 bits per heavy atom. The molecular weight excluding hydrogens is 216 g/mol. The normalized spacial score (nSPS) is 23.9. The van der Waals surface area contributed by atoms with Crippen molar-refractivity contribution in [2.75, 3.05) is 27.2 Å². The second-order valence-electron chi connectivity index (χ2n) is 4.43. The van der Waals surface area contributed by atoms with Gasteiger partial charge in [0, 0.05) is 25.4 Å². The van der Waals surface area contributed by atoms with Gasteiger partial charge in [0.1, 0.15) is 5.75 Å². The molecule has 1 aliphatic rings. The summed E-state index contributed by atoms with van der Waals surface area (Å²) in [5.41, 5.74) is 2.04. The minimum absolute atomic E-state index is 0.185. The summed E-state index contributed by atoms with van der Waals surface area (Å²) in [5.74, 6) is 1.03. The number of benzene rings is 1. The largest absolute Gasteiger partial charge is 0.497 e. The summed E-state index contributed by atoms with van der Waals surface area (Å²) < 4.78 is 5.14. The molecule has 1 N–H and O–H groups in total. The van der Waals surface area contributed by atoms with Gasteiger partial charge >= 0.3 is 0 Å². The van der Waals surface area contributed by atoms with Crippen LogP contribution in [0.2, 0.25) is 0 Å². The summed E-state index contributed by atoms with van der Waals surface area (Å²) in [4.78, 5) is 2.25. The molecule has 0 spiro atoms. The van der Waals surface area contributed by atoms with E-state index < -0.39 is 0 Å². The number of hydrogen-bond acceptors (Lipinski definition) is 4. The molecule has 1 fully saturated rings. The fourth-order valence-corrected chi connectivity index (χ4v) is 2.24. The van der Waals surface area contributed by atoms with E-state index in [1.54, 1.807) is 7.11 Å². The fraction of sp³-hybridized carbons (Fsp3) is 0.462. The Labute approximate surface area is 101 Å². The lowest BCUT2D eigenvalue weighted by Gasteiger charge is -2.30. The van der Waals surface area contributed by atoms with Crippen LogP contribution in [0.5, 0.6) is 5.75 Å². The average Bonchev–Trinajstić information content (AvgIpc) is 2.39. The first kappa shape index (κ1) is 11.9. The van der Waals surface area contributed by atoms with Crippen molar-refractivity contribution in [3.8, 4) is 5.75 Å². The number of methoxy groups -OCH3 is 1. The van der Waals surface area contributed by atoms with Gasteiger partial charge in [0.05, 0.1) is 12.8 Å². The van der Waals surface area contributed by atoms with E-state index in [0.29, 0.717) is 0 Å². The molecule has 0 saturated carbocycles. The minimum atomic E-state index is 0.185. The van der Waals surface area contributed by atoms with Crippen molar-refractivity contribution in [2.45, 2.75) is 12.3 Å². The Kier molecular flexibility index (Phi) is 3.64. The third-order valence-electron chi connectivity index (χ3n) is 3.29. The lowest BCUT2D eigenvalue weighted by atomic mass is 9.89. The lowest BCUT2D eigenvalue weighted by Crippen LogP contribution is -2.37. The minimum Gasteiger partial charge on any atom is -0.497 e. The zero-order valence-electron chi connectivity index (χ0n) is 10.3. The number of ether oxygens (including phenoxy) is 1. The van der Waals surface area contributed by atoms with Gasteiger partial charge in [-0.25, -0.2) is 0 Å². The predicted molar refractivity (Wildman–Crippen MR) is 67.1 cm³/mol. The zero-order chi connectivity index (χ0) is 12.3. The van der Waals surface area contributed by atoms with Crippen molar-refractivity contribution in [2.24, 2.45) is 5.16 Å². The van der Waals surface area contributed by atoms with Crippen molar-refractivity contribution in [3.05, 3.63) is 29.8 Å². The smallest absolute Gasteiger partial charge is 0.118 e. The molecule has 0 amide bonds. The third-order valence-corrected chi connectivity index (χ3v) is 3.29. The first-order chi connectivity index (χ1) is 8.24. The van der Waals surface area contributed by atoms with Crippen LogP contribution in [0, 0.1) is 0 Å². The number of hydrogen-bond donors (Lipinski definition) is 1. The number of oxime groups is 1. The van der Waals surface area contributed by atoms with E-state index in [9.17, 15) is 0 Å². The predicted octanol–water partition coefficient (Wildman–Crippen LogP) is 1.94. The van der Waals surface area contributed by atoms with Gasteiger partial charge in [-0.1, -0.05) is 17.3 Å². The first-order valence-corrected chi connectivity index (χ1v) is 5.78. The Bertz CT molecular complexity index is 400. The van der Waals surface area contributed by atoms with Gasteiger partial charge in [-0.2, -0.15) is 0 Å². The Morgan fingerprint density at radius 3 is 2.65 bits per heavy atom. The van der Waals surface area contributed by atoms with E-state index in [4.69, 9.17) is 9.94 Å². The molecule has 1 aliphatic heterocycles. The maximum Gasteiger partial charge on any atom is 0.118 e. The van der Waals surface area contributed by atoms with Crippen molar-refractivity contribution in [1.29, 1.82) is 0 Å². The highest BCUT2D eigenvalue weighted by molar-refractivity contribution is 5.91. The molecule has 2 rings (SSSR count). The SMILES string of the molecule is COc1ccc(C2CN(C)CCC2=NO)cc1. The van der Waals surface area contributed by atoms with Crippen LogP contribution < -0.4 is 4.74 Å². The monoisotopic (exact) mass is 234 g/mol. The summed E-state index contributed by atoms with van der Waals surface area (Å²) in [5, 5.41) is 12.5. The summed E-state index contributed by atoms with van der Waals surface area (Å²) in [6, 6.07) is 7.96. The molecule has 4 nitrogen and oxygen atoms in total. The molecule has 1 saturated heterocycles. The molecule has 0 radical (unpaired) electrons.